The Balaban J connectivity index is 1.51. The van der Waals surface area contributed by atoms with E-state index >= 15 is 0 Å². The highest BCUT2D eigenvalue weighted by Gasteiger charge is 2.32. The van der Waals surface area contributed by atoms with Crippen molar-refractivity contribution in [2.45, 2.75) is 6.54 Å². The SMILES string of the molecule is COc1cc(OC)c(NC(=O)CN2C(=O)N(CC(=O)Nc3ccncc3)Cc3ccccc32)cc1I. The summed E-state index contributed by atoms with van der Waals surface area (Å²) in [5.74, 6) is 0.281. The van der Waals surface area contributed by atoms with Gasteiger partial charge in [-0.1, -0.05) is 18.2 Å². The number of fused-ring (bicyclic) bond motifs is 1. The first kappa shape index (κ1) is 25.2. The summed E-state index contributed by atoms with van der Waals surface area (Å²) in [7, 11) is 3.05. The third-order valence-electron chi connectivity index (χ3n) is 5.49. The Morgan fingerprint density at radius 3 is 2.39 bits per heavy atom. The number of methoxy groups -OCH3 is 2. The smallest absolute Gasteiger partial charge is 0.325 e. The molecule has 2 heterocycles. The minimum absolute atomic E-state index is 0.169. The number of nitrogens with zero attached hydrogens (tertiary/aromatic N) is 3. The first-order valence-electron chi connectivity index (χ1n) is 10.9. The molecule has 2 aromatic carbocycles. The molecule has 0 aliphatic carbocycles. The van der Waals surface area contributed by atoms with Crippen LogP contribution >= 0.6 is 22.6 Å². The van der Waals surface area contributed by atoms with Crippen LogP contribution < -0.4 is 25.0 Å². The molecule has 11 heteroatoms. The van der Waals surface area contributed by atoms with E-state index in [1.54, 1.807) is 55.9 Å². The summed E-state index contributed by atoms with van der Waals surface area (Å²) < 4.78 is 11.5. The van der Waals surface area contributed by atoms with E-state index in [9.17, 15) is 14.4 Å². The van der Waals surface area contributed by atoms with E-state index in [2.05, 4.69) is 38.2 Å². The molecule has 1 aliphatic rings. The van der Waals surface area contributed by atoms with E-state index in [0.717, 1.165) is 9.13 Å². The zero-order valence-corrected chi connectivity index (χ0v) is 21.8. The molecule has 10 nitrogen and oxygen atoms in total. The minimum atomic E-state index is -0.440. The van der Waals surface area contributed by atoms with Gasteiger partial charge in [-0.25, -0.2) is 4.79 Å². The maximum atomic E-state index is 13.4. The monoisotopic (exact) mass is 601 g/mol. The van der Waals surface area contributed by atoms with Gasteiger partial charge in [0, 0.05) is 24.1 Å². The highest BCUT2D eigenvalue weighted by Crippen LogP contribution is 2.34. The highest BCUT2D eigenvalue weighted by atomic mass is 127. The number of carbonyl (C=O) groups excluding carboxylic acids is 3. The van der Waals surface area contributed by atoms with E-state index in [1.165, 1.54) is 16.9 Å². The number of amides is 4. The zero-order chi connectivity index (χ0) is 25.7. The summed E-state index contributed by atoms with van der Waals surface area (Å²) in [5.41, 5.74) is 2.50. The predicted molar refractivity (Wildman–Crippen MR) is 143 cm³/mol. The van der Waals surface area contributed by atoms with Crippen LogP contribution in [0.15, 0.2) is 60.9 Å². The molecule has 4 amide bonds. The van der Waals surface area contributed by atoms with Crippen LogP contribution in [0.2, 0.25) is 0 Å². The summed E-state index contributed by atoms with van der Waals surface area (Å²) in [6.07, 6.45) is 3.13. The molecule has 0 bridgehead atoms. The summed E-state index contributed by atoms with van der Waals surface area (Å²) in [6, 6.07) is 13.6. The molecule has 0 saturated heterocycles. The van der Waals surface area contributed by atoms with Gasteiger partial charge in [0.25, 0.3) is 0 Å². The Labute approximate surface area is 221 Å². The van der Waals surface area contributed by atoms with Gasteiger partial charge in [-0.05, 0) is 52.4 Å². The second kappa shape index (κ2) is 11.2. The topological polar surface area (TPSA) is 113 Å². The van der Waals surface area contributed by atoms with E-state index in [-0.39, 0.29) is 25.5 Å². The third-order valence-corrected chi connectivity index (χ3v) is 6.34. The van der Waals surface area contributed by atoms with Gasteiger partial charge in [-0.15, -0.1) is 0 Å². The largest absolute Gasteiger partial charge is 0.496 e. The molecule has 1 aliphatic heterocycles. The second-order valence-electron chi connectivity index (χ2n) is 7.87. The second-order valence-corrected chi connectivity index (χ2v) is 9.03. The lowest BCUT2D eigenvalue weighted by Gasteiger charge is -2.36. The van der Waals surface area contributed by atoms with Crippen molar-refractivity contribution >= 4 is 57.5 Å². The molecule has 0 spiro atoms. The number of benzene rings is 2. The molecular weight excluding hydrogens is 577 g/mol. The number of hydrogen-bond donors (Lipinski definition) is 2. The number of aromatic nitrogens is 1. The number of hydrogen-bond acceptors (Lipinski definition) is 6. The molecule has 0 fully saturated rings. The van der Waals surface area contributed by atoms with Gasteiger partial charge in [0.15, 0.2) is 0 Å². The van der Waals surface area contributed by atoms with Gasteiger partial charge < -0.3 is 25.0 Å². The van der Waals surface area contributed by atoms with Crippen LogP contribution in [-0.4, -0.2) is 55.0 Å². The molecule has 36 heavy (non-hydrogen) atoms. The molecule has 4 rings (SSSR count). The Kier molecular flexibility index (Phi) is 7.88. The van der Waals surface area contributed by atoms with Crippen LogP contribution in [0.3, 0.4) is 0 Å². The number of urea groups is 1. The maximum absolute atomic E-state index is 13.4. The molecule has 3 aromatic rings. The summed E-state index contributed by atoms with van der Waals surface area (Å²) in [4.78, 5) is 45.7. The van der Waals surface area contributed by atoms with Crippen molar-refractivity contribution in [1.82, 2.24) is 9.88 Å². The average Bonchev–Trinajstić information content (AvgIpc) is 2.87. The van der Waals surface area contributed by atoms with Crippen LogP contribution in [0.1, 0.15) is 5.56 Å². The zero-order valence-electron chi connectivity index (χ0n) is 19.7. The fourth-order valence-corrected chi connectivity index (χ4v) is 4.52. The lowest BCUT2D eigenvalue weighted by atomic mass is 10.1. The molecule has 186 valence electrons. The number of anilines is 3. The number of halogens is 1. The Bertz CT molecular complexity index is 1290. The van der Waals surface area contributed by atoms with Gasteiger partial charge in [0.05, 0.1) is 35.7 Å². The predicted octanol–water partition coefficient (Wildman–Crippen LogP) is 3.72. The first-order chi connectivity index (χ1) is 17.4. The van der Waals surface area contributed by atoms with Crippen molar-refractivity contribution in [3.8, 4) is 11.5 Å². The van der Waals surface area contributed by atoms with E-state index in [4.69, 9.17) is 9.47 Å². The number of carbonyl (C=O) groups is 3. The number of pyridine rings is 1. The van der Waals surface area contributed by atoms with E-state index in [0.29, 0.717) is 28.6 Å². The van der Waals surface area contributed by atoms with Gasteiger partial charge in [-0.3, -0.25) is 19.5 Å². The van der Waals surface area contributed by atoms with Crippen LogP contribution in [0.25, 0.3) is 0 Å². The summed E-state index contributed by atoms with van der Waals surface area (Å²) >= 11 is 2.10. The van der Waals surface area contributed by atoms with Crippen molar-refractivity contribution in [1.29, 1.82) is 0 Å². The highest BCUT2D eigenvalue weighted by molar-refractivity contribution is 14.1. The fraction of sp³-hybridized carbons (Fsp3) is 0.200. The van der Waals surface area contributed by atoms with Crippen molar-refractivity contribution in [2.75, 3.05) is 42.8 Å². The Morgan fingerprint density at radius 2 is 1.67 bits per heavy atom. The number of rotatable bonds is 8. The molecular formula is C25H24IN5O5. The average molecular weight is 601 g/mol. The quantitative estimate of drug-likeness (QED) is 0.381. The van der Waals surface area contributed by atoms with Crippen LogP contribution in [-0.2, 0) is 16.1 Å². The van der Waals surface area contributed by atoms with Crippen molar-refractivity contribution in [3.05, 3.63) is 70.1 Å². The van der Waals surface area contributed by atoms with E-state index < -0.39 is 11.9 Å². The first-order valence-corrected chi connectivity index (χ1v) is 12.0. The molecule has 0 saturated carbocycles. The van der Waals surface area contributed by atoms with Crippen molar-refractivity contribution < 1.29 is 23.9 Å². The fourth-order valence-electron chi connectivity index (χ4n) is 3.83. The van der Waals surface area contributed by atoms with Crippen molar-refractivity contribution in [3.63, 3.8) is 0 Å². The maximum Gasteiger partial charge on any atom is 0.325 e. The van der Waals surface area contributed by atoms with Gasteiger partial charge in [-0.2, -0.15) is 0 Å². The Morgan fingerprint density at radius 1 is 0.972 bits per heavy atom. The molecule has 1 aromatic heterocycles. The number of para-hydroxylation sites is 1. The van der Waals surface area contributed by atoms with Crippen LogP contribution in [0.4, 0.5) is 21.9 Å². The molecule has 0 unspecified atom stereocenters. The van der Waals surface area contributed by atoms with Crippen molar-refractivity contribution in [2.24, 2.45) is 0 Å². The standard InChI is InChI=1S/C25H24IN5O5/c1-35-21-12-22(36-2)19(11-18(21)26)29-24(33)15-31-20-6-4-3-5-16(20)13-30(25(31)34)14-23(32)28-17-7-9-27-10-8-17/h3-12H,13-15H2,1-2H3,(H,29,33)(H,27,28,32). The lowest BCUT2D eigenvalue weighted by Crippen LogP contribution is -2.51. The Hall–Kier alpha value is -3.87. The molecule has 0 atom stereocenters. The summed E-state index contributed by atoms with van der Waals surface area (Å²) in [6.45, 7) is -0.163. The number of nitrogens with one attached hydrogen (secondary N) is 2. The summed E-state index contributed by atoms with van der Waals surface area (Å²) in [5, 5.41) is 5.57. The van der Waals surface area contributed by atoms with Crippen LogP contribution in [0, 0.1) is 3.57 Å². The molecule has 0 radical (unpaired) electrons. The normalized spacial score (nSPS) is 12.6. The van der Waals surface area contributed by atoms with Gasteiger partial charge >= 0.3 is 6.03 Å². The van der Waals surface area contributed by atoms with E-state index in [1.807, 2.05) is 12.1 Å². The van der Waals surface area contributed by atoms with Gasteiger partial charge in [0.2, 0.25) is 11.8 Å². The lowest BCUT2D eigenvalue weighted by molar-refractivity contribution is -0.116. The van der Waals surface area contributed by atoms with Crippen LogP contribution in [0.5, 0.6) is 11.5 Å². The third kappa shape index (κ3) is 5.67. The molecule has 2 N–H and O–H groups in total. The minimum Gasteiger partial charge on any atom is -0.496 e. The van der Waals surface area contributed by atoms with Gasteiger partial charge in [0.1, 0.15) is 24.6 Å². The number of ether oxygens (including phenoxy) is 2.